The fraction of sp³-hybridized carbons (Fsp3) is 0.333. The zero-order chi connectivity index (χ0) is 14.4. The van der Waals surface area contributed by atoms with E-state index in [0.29, 0.717) is 12.0 Å². The molecule has 1 heterocycles. The zero-order valence-corrected chi connectivity index (χ0v) is 10.9. The number of pyridine rings is 1. The standard InChI is InChI=1S/C15H13F2NO2/c1-2-7-3-4-8-13(15(19)20)9-5-10(16)11(17)6-12(9)18-14(7)8/h5-7H,2-4H2,1H3,(H,19,20). The number of rotatable bonds is 2. The highest BCUT2D eigenvalue weighted by molar-refractivity contribution is 6.04. The smallest absolute Gasteiger partial charge is 0.336 e. The van der Waals surface area contributed by atoms with Gasteiger partial charge in [0.25, 0.3) is 0 Å². The molecule has 1 aliphatic rings. The van der Waals surface area contributed by atoms with Gasteiger partial charge in [0.05, 0.1) is 11.1 Å². The molecule has 1 aromatic carbocycles. The molecule has 2 aromatic rings. The molecule has 1 aromatic heterocycles. The van der Waals surface area contributed by atoms with Gasteiger partial charge >= 0.3 is 5.97 Å². The Kier molecular flexibility index (Phi) is 2.92. The van der Waals surface area contributed by atoms with E-state index in [1.807, 2.05) is 6.92 Å². The Morgan fingerprint density at radius 1 is 1.40 bits per heavy atom. The van der Waals surface area contributed by atoms with Crippen LogP contribution in [0.15, 0.2) is 12.1 Å². The number of carboxylic acid groups (broad SMARTS) is 1. The second-order valence-corrected chi connectivity index (χ2v) is 5.08. The number of carbonyl (C=O) groups is 1. The van der Waals surface area contributed by atoms with Crippen molar-refractivity contribution in [2.45, 2.75) is 32.1 Å². The lowest BCUT2D eigenvalue weighted by atomic mass is 9.99. The summed E-state index contributed by atoms with van der Waals surface area (Å²) in [7, 11) is 0. The lowest BCUT2D eigenvalue weighted by molar-refractivity contribution is 0.0698. The molecule has 0 spiro atoms. The maximum atomic E-state index is 13.4. The Balaban J connectivity index is 2.40. The van der Waals surface area contributed by atoms with E-state index in [4.69, 9.17) is 0 Å². The van der Waals surface area contributed by atoms with Gasteiger partial charge < -0.3 is 5.11 Å². The Hall–Kier alpha value is -2.04. The molecular weight excluding hydrogens is 264 g/mol. The van der Waals surface area contributed by atoms with Crippen LogP contribution >= 0.6 is 0 Å². The molecule has 3 nitrogen and oxygen atoms in total. The molecule has 3 rings (SSSR count). The largest absolute Gasteiger partial charge is 0.478 e. The van der Waals surface area contributed by atoms with Gasteiger partial charge in [-0.05, 0) is 30.9 Å². The molecule has 5 heteroatoms. The molecule has 0 radical (unpaired) electrons. The maximum absolute atomic E-state index is 13.4. The highest BCUT2D eigenvalue weighted by atomic mass is 19.2. The molecule has 1 atom stereocenters. The molecule has 0 saturated heterocycles. The van der Waals surface area contributed by atoms with E-state index in [-0.39, 0.29) is 22.4 Å². The van der Waals surface area contributed by atoms with Crippen molar-refractivity contribution in [1.29, 1.82) is 0 Å². The van der Waals surface area contributed by atoms with Gasteiger partial charge in [-0.15, -0.1) is 0 Å². The molecule has 0 saturated carbocycles. The first kappa shape index (κ1) is 13.0. The minimum Gasteiger partial charge on any atom is -0.478 e. The molecule has 0 bridgehead atoms. The van der Waals surface area contributed by atoms with Crippen LogP contribution in [0.3, 0.4) is 0 Å². The van der Waals surface area contributed by atoms with E-state index in [1.54, 1.807) is 0 Å². The minimum atomic E-state index is -1.11. The Morgan fingerprint density at radius 2 is 2.10 bits per heavy atom. The fourth-order valence-electron chi connectivity index (χ4n) is 3.00. The third kappa shape index (κ3) is 1.77. The summed E-state index contributed by atoms with van der Waals surface area (Å²) in [4.78, 5) is 15.9. The summed E-state index contributed by atoms with van der Waals surface area (Å²) in [6.07, 6.45) is 2.31. The molecule has 1 unspecified atom stereocenters. The fourth-order valence-corrected chi connectivity index (χ4v) is 3.00. The molecule has 1 N–H and O–H groups in total. The zero-order valence-electron chi connectivity index (χ0n) is 10.9. The van der Waals surface area contributed by atoms with Crippen molar-refractivity contribution in [3.8, 4) is 0 Å². The first-order valence-corrected chi connectivity index (χ1v) is 6.57. The Morgan fingerprint density at radius 3 is 2.75 bits per heavy atom. The first-order chi connectivity index (χ1) is 9.52. The molecule has 0 aliphatic heterocycles. The van der Waals surface area contributed by atoms with Crippen LogP contribution in [0.2, 0.25) is 0 Å². The van der Waals surface area contributed by atoms with E-state index in [0.717, 1.165) is 30.7 Å². The summed E-state index contributed by atoms with van der Waals surface area (Å²) in [5, 5.41) is 9.60. The van der Waals surface area contributed by atoms with Crippen LogP contribution in [-0.4, -0.2) is 16.1 Å². The molecule has 1 aliphatic carbocycles. The SMILES string of the molecule is CCC1CCc2c1nc1cc(F)c(F)cc1c2C(=O)O. The summed E-state index contributed by atoms with van der Waals surface area (Å²) in [5.41, 5.74) is 1.67. The maximum Gasteiger partial charge on any atom is 0.336 e. The van der Waals surface area contributed by atoms with Crippen LogP contribution < -0.4 is 0 Å². The van der Waals surface area contributed by atoms with Crippen molar-refractivity contribution in [1.82, 2.24) is 4.98 Å². The lowest BCUT2D eigenvalue weighted by Gasteiger charge is -2.12. The van der Waals surface area contributed by atoms with Crippen molar-refractivity contribution in [2.75, 3.05) is 0 Å². The van der Waals surface area contributed by atoms with E-state index >= 15 is 0 Å². The highest BCUT2D eigenvalue weighted by Gasteiger charge is 2.29. The van der Waals surface area contributed by atoms with Crippen molar-refractivity contribution in [3.63, 3.8) is 0 Å². The highest BCUT2D eigenvalue weighted by Crippen LogP contribution is 2.38. The van der Waals surface area contributed by atoms with Gasteiger partial charge in [-0.3, -0.25) is 4.98 Å². The number of halogens is 2. The number of hydrogen-bond acceptors (Lipinski definition) is 2. The number of fused-ring (bicyclic) bond motifs is 2. The molecule has 0 fully saturated rings. The minimum absolute atomic E-state index is 0.0693. The van der Waals surface area contributed by atoms with Gasteiger partial charge in [0.2, 0.25) is 0 Å². The van der Waals surface area contributed by atoms with Gasteiger partial charge in [-0.2, -0.15) is 0 Å². The summed E-state index contributed by atoms with van der Waals surface area (Å²) in [6, 6.07) is 1.91. The lowest BCUT2D eigenvalue weighted by Crippen LogP contribution is -2.07. The Bertz CT molecular complexity index is 728. The van der Waals surface area contributed by atoms with Crippen molar-refractivity contribution in [2.24, 2.45) is 0 Å². The summed E-state index contributed by atoms with van der Waals surface area (Å²) < 4.78 is 26.7. The number of benzene rings is 1. The van der Waals surface area contributed by atoms with Crippen LogP contribution in [-0.2, 0) is 6.42 Å². The molecule has 0 amide bonds. The van der Waals surface area contributed by atoms with E-state index in [2.05, 4.69) is 4.98 Å². The van der Waals surface area contributed by atoms with E-state index in [1.165, 1.54) is 0 Å². The van der Waals surface area contributed by atoms with Gasteiger partial charge in [0.1, 0.15) is 0 Å². The monoisotopic (exact) mass is 277 g/mol. The average molecular weight is 277 g/mol. The molecule has 20 heavy (non-hydrogen) atoms. The number of hydrogen-bond donors (Lipinski definition) is 1. The predicted octanol–water partition coefficient (Wildman–Crippen LogP) is 3.65. The Labute approximate surface area is 114 Å². The van der Waals surface area contributed by atoms with Crippen molar-refractivity contribution < 1.29 is 18.7 Å². The third-order valence-corrected chi connectivity index (χ3v) is 4.00. The molecule has 104 valence electrons. The van der Waals surface area contributed by atoms with Crippen LogP contribution in [0, 0.1) is 11.6 Å². The predicted molar refractivity (Wildman–Crippen MR) is 70.0 cm³/mol. The second kappa shape index (κ2) is 4.51. The summed E-state index contributed by atoms with van der Waals surface area (Å²) in [6.45, 7) is 2.01. The van der Waals surface area contributed by atoms with Crippen molar-refractivity contribution >= 4 is 16.9 Å². The van der Waals surface area contributed by atoms with E-state index < -0.39 is 17.6 Å². The summed E-state index contributed by atoms with van der Waals surface area (Å²) in [5.74, 6) is -2.98. The number of aromatic nitrogens is 1. The number of aromatic carboxylic acids is 1. The van der Waals surface area contributed by atoms with Gasteiger partial charge in [-0.25, -0.2) is 13.6 Å². The van der Waals surface area contributed by atoms with Gasteiger partial charge in [0, 0.05) is 23.1 Å². The van der Waals surface area contributed by atoms with Crippen LogP contribution in [0.1, 0.15) is 47.3 Å². The van der Waals surface area contributed by atoms with Gasteiger partial charge in [-0.1, -0.05) is 6.92 Å². The number of carboxylic acids is 1. The third-order valence-electron chi connectivity index (χ3n) is 4.00. The van der Waals surface area contributed by atoms with Crippen LogP contribution in [0.4, 0.5) is 8.78 Å². The van der Waals surface area contributed by atoms with E-state index in [9.17, 15) is 18.7 Å². The normalized spacial score (nSPS) is 17.4. The molecular formula is C15H13F2NO2. The quantitative estimate of drug-likeness (QED) is 0.911. The van der Waals surface area contributed by atoms with Crippen LogP contribution in [0.5, 0.6) is 0 Å². The van der Waals surface area contributed by atoms with Gasteiger partial charge in [0.15, 0.2) is 11.6 Å². The van der Waals surface area contributed by atoms with Crippen LogP contribution in [0.25, 0.3) is 10.9 Å². The topological polar surface area (TPSA) is 50.2 Å². The van der Waals surface area contributed by atoms with Crippen molar-refractivity contribution in [3.05, 3.63) is 40.6 Å². The second-order valence-electron chi connectivity index (χ2n) is 5.08. The summed E-state index contributed by atoms with van der Waals surface area (Å²) >= 11 is 0. The average Bonchev–Trinajstić information content (AvgIpc) is 2.79. The number of nitrogens with zero attached hydrogens (tertiary/aromatic N) is 1. The first-order valence-electron chi connectivity index (χ1n) is 6.57.